The number of nitrogens with zero attached hydrogens (tertiary/aromatic N) is 2. The number of amides is 1. The molecule has 1 saturated heterocycles. The van der Waals surface area contributed by atoms with Crippen molar-refractivity contribution in [2.75, 3.05) is 11.5 Å². The van der Waals surface area contributed by atoms with Crippen molar-refractivity contribution in [3.05, 3.63) is 94.8 Å². The zero-order chi connectivity index (χ0) is 24.7. The maximum absolute atomic E-state index is 13.8. The van der Waals surface area contributed by atoms with E-state index < -0.39 is 23.5 Å². The number of aliphatic hydroxyl groups excluding tert-OH is 1. The normalized spacial score (nSPS) is 17.3. The number of carbonyl (C=O) groups is 2. The van der Waals surface area contributed by atoms with Crippen LogP contribution in [-0.4, -0.2) is 28.4 Å². The van der Waals surface area contributed by atoms with Crippen LogP contribution in [0.2, 0.25) is 0 Å². The lowest BCUT2D eigenvalue weighted by molar-refractivity contribution is -0.132. The summed E-state index contributed by atoms with van der Waals surface area (Å²) < 4.78 is 19.9. The van der Waals surface area contributed by atoms with Crippen LogP contribution in [0.5, 0.6) is 5.75 Å². The van der Waals surface area contributed by atoms with Crippen LogP contribution in [0.3, 0.4) is 0 Å². The summed E-state index contributed by atoms with van der Waals surface area (Å²) in [7, 11) is 0. The number of thiazole rings is 1. The number of Topliss-reactive ketones (excluding diaryl/α,β-unsaturated/α-hetero) is 1. The summed E-state index contributed by atoms with van der Waals surface area (Å²) in [5.41, 5.74) is 2.50. The Morgan fingerprint density at radius 2 is 1.80 bits per heavy atom. The number of ketones is 1. The predicted molar refractivity (Wildman–Crippen MR) is 133 cm³/mol. The number of hydrogen-bond donors (Lipinski definition) is 1. The highest BCUT2D eigenvalue weighted by atomic mass is 32.1. The van der Waals surface area contributed by atoms with Gasteiger partial charge in [0.05, 0.1) is 28.4 Å². The number of ether oxygens (including phenoxy) is 1. The Kier molecular flexibility index (Phi) is 5.82. The first-order valence-corrected chi connectivity index (χ1v) is 11.9. The average Bonchev–Trinajstić information content (AvgIpc) is 3.37. The number of halogens is 1. The molecule has 1 aromatic heterocycles. The molecule has 2 heterocycles. The first kappa shape index (κ1) is 22.7. The Labute approximate surface area is 204 Å². The van der Waals surface area contributed by atoms with Crippen molar-refractivity contribution in [2.24, 2.45) is 0 Å². The van der Waals surface area contributed by atoms with Gasteiger partial charge in [-0.2, -0.15) is 0 Å². The fourth-order valence-electron chi connectivity index (χ4n) is 4.11. The lowest BCUT2D eigenvalue weighted by atomic mass is 9.95. The van der Waals surface area contributed by atoms with Gasteiger partial charge < -0.3 is 9.84 Å². The van der Waals surface area contributed by atoms with Gasteiger partial charge in [0.1, 0.15) is 17.3 Å². The third-order valence-corrected chi connectivity index (χ3v) is 6.84. The van der Waals surface area contributed by atoms with Crippen molar-refractivity contribution in [1.82, 2.24) is 4.98 Å². The van der Waals surface area contributed by atoms with Gasteiger partial charge in [0.15, 0.2) is 5.13 Å². The second-order valence-electron chi connectivity index (χ2n) is 8.15. The van der Waals surface area contributed by atoms with Crippen LogP contribution in [0.1, 0.15) is 29.7 Å². The number of rotatable bonds is 5. The number of fused-ring (bicyclic) bond motifs is 1. The molecule has 1 fully saturated rings. The molecule has 35 heavy (non-hydrogen) atoms. The number of aromatic nitrogens is 1. The van der Waals surface area contributed by atoms with Crippen LogP contribution < -0.4 is 9.64 Å². The summed E-state index contributed by atoms with van der Waals surface area (Å²) in [5.74, 6) is -1.67. The Morgan fingerprint density at radius 1 is 1.09 bits per heavy atom. The van der Waals surface area contributed by atoms with Crippen LogP contribution in [0, 0.1) is 12.7 Å². The summed E-state index contributed by atoms with van der Waals surface area (Å²) >= 11 is 1.11. The van der Waals surface area contributed by atoms with Gasteiger partial charge >= 0.3 is 5.91 Å². The molecule has 1 amide bonds. The number of hydrogen-bond acceptors (Lipinski definition) is 6. The summed E-state index contributed by atoms with van der Waals surface area (Å²) in [6.07, 6.45) is 0. The topological polar surface area (TPSA) is 79.7 Å². The van der Waals surface area contributed by atoms with Gasteiger partial charge in [-0.3, -0.25) is 14.5 Å². The molecule has 0 spiro atoms. The molecule has 6 nitrogen and oxygen atoms in total. The van der Waals surface area contributed by atoms with Crippen LogP contribution in [0.4, 0.5) is 9.52 Å². The molecular weight excluding hydrogens is 467 g/mol. The molecule has 0 aliphatic carbocycles. The van der Waals surface area contributed by atoms with Gasteiger partial charge in [0.25, 0.3) is 5.78 Å². The molecule has 1 atom stereocenters. The minimum atomic E-state index is -0.919. The van der Waals surface area contributed by atoms with Crippen molar-refractivity contribution in [2.45, 2.75) is 19.9 Å². The molecule has 8 heteroatoms. The van der Waals surface area contributed by atoms with E-state index in [9.17, 15) is 19.1 Å². The quantitative estimate of drug-likeness (QED) is 0.219. The van der Waals surface area contributed by atoms with Crippen LogP contribution >= 0.6 is 11.3 Å². The number of aliphatic hydroxyl groups is 1. The zero-order valence-corrected chi connectivity index (χ0v) is 19.8. The van der Waals surface area contributed by atoms with Crippen LogP contribution in [0.25, 0.3) is 16.0 Å². The third-order valence-electron chi connectivity index (χ3n) is 5.82. The fourth-order valence-corrected chi connectivity index (χ4v) is 5.13. The van der Waals surface area contributed by atoms with E-state index in [1.54, 1.807) is 36.4 Å². The van der Waals surface area contributed by atoms with Crippen molar-refractivity contribution in [3.63, 3.8) is 0 Å². The highest BCUT2D eigenvalue weighted by Crippen LogP contribution is 2.44. The van der Waals surface area contributed by atoms with Gasteiger partial charge in [0, 0.05) is 5.56 Å². The molecule has 0 saturated carbocycles. The molecule has 3 aromatic carbocycles. The Bertz CT molecular complexity index is 1480. The summed E-state index contributed by atoms with van der Waals surface area (Å²) in [5, 5.41) is 11.4. The smallest absolute Gasteiger partial charge is 0.301 e. The molecule has 5 rings (SSSR count). The summed E-state index contributed by atoms with van der Waals surface area (Å²) in [6, 6.07) is 17.3. The first-order valence-electron chi connectivity index (χ1n) is 11.0. The highest BCUT2D eigenvalue weighted by Gasteiger charge is 2.48. The second-order valence-corrected chi connectivity index (χ2v) is 9.15. The van der Waals surface area contributed by atoms with E-state index in [-0.39, 0.29) is 16.5 Å². The van der Waals surface area contributed by atoms with Gasteiger partial charge in [-0.15, -0.1) is 0 Å². The van der Waals surface area contributed by atoms with Crippen molar-refractivity contribution in [3.8, 4) is 5.75 Å². The van der Waals surface area contributed by atoms with E-state index >= 15 is 0 Å². The largest absolute Gasteiger partial charge is 0.507 e. The Balaban J connectivity index is 1.70. The highest BCUT2D eigenvalue weighted by molar-refractivity contribution is 7.22. The van der Waals surface area contributed by atoms with Crippen molar-refractivity contribution >= 4 is 44.1 Å². The minimum Gasteiger partial charge on any atom is -0.507 e. The lowest BCUT2D eigenvalue weighted by Gasteiger charge is -2.23. The van der Waals surface area contributed by atoms with Gasteiger partial charge in [0.2, 0.25) is 0 Å². The standard InChI is InChI=1S/C27H21FN2O4S/c1-3-34-19-11-8-16(9-12-19)23-22(24(31)17-6-4-15(2)5-7-17)25(32)26(33)30(23)27-29-20-13-10-18(28)14-21(20)35-27/h4-14,23,31H,3H2,1-2H3/t23-/m1/s1. The number of anilines is 1. The molecule has 0 radical (unpaired) electrons. The molecular formula is C27H21FN2O4S. The fraction of sp³-hybridized carbons (Fsp3) is 0.148. The first-order chi connectivity index (χ1) is 16.9. The molecule has 176 valence electrons. The molecule has 0 unspecified atom stereocenters. The number of carbonyl (C=O) groups excluding carboxylic acids is 2. The maximum Gasteiger partial charge on any atom is 0.301 e. The van der Waals surface area contributed by atoms with Crippen molar-refractivity contribution < 1.29 is 23.8 Å². The van der Waals surface area contributed by atoms with E-state index in [4.69, 9.17) is 4.74 Å². The van der Waals surface area contributed by atoms with E-state index in [2.05, 4.69) is 4.98 Å². The van der Waals surface area contributed by atoms with Gasteiger partial charge in [-0.25, -0.2) is 9.37 Å². The summed E-state index contributed by atoms with van der Waals surface area (Å²) in [4.78, 5) is 32.4. The van der Waals surface area contributed by atoms with Gasteiger partial charge in [-0.05, 0) is 49.7 Å². The van der Waals surface area contributed by atoms with E-state index in [1.807, 2.05) is 26.0 Å². The minimum absolute atomic E-state index is 0.0338. The summed E-state index contributed by atoms with van der Waals surface area (Å²) in [6.45, 7) is 4.28. The molecule has 4 aromatic rings. The third kappa shape index (κ3) is 4.06. The second kappa shape index (κ2) is 8.96. The molecule has 1 aliphatic rings. The zero-order valence-electron chi connectivity index (χ0n) is 19.0. The van der Waals surface area contributed by atoms with Crippen LogP contribution in [-0.2, 0) is 9.59 Å². The Hall–Kier alpha value is -4.04. The number of aryl methyl sites for hydroxylation is 1. The Morgan fingerprint density at radius 3 is 2.49 bits per heavy atom. The number of benzene rings is 3. The maximum atomic E-state index is 13.8. The van der Waals surface area contributed by atoms with E-state index in [0.29, 0.717) is 33.7 Å². The SMILES string of the molecule is CCOc1ccc([C@@H]2C(=C(O)c3ccc(C)cc3)C(=O)C(=O)N2c2nc3ccc(F)cc3s2)cc1. The van der Waals surface area contributed by atoms with Crippen LogP contribution in [0.15, 0.2) is 72.3 Å². The average molecular weight is 489 g/mol. The van der Waals surface area contributed by atoms with Crippen molar-refractivity contribution in [1.29, 1.82) is 0 Å². The molecule has 0 bridgehead atoms. The van der Waals surface area contributed by atoms with Gasteiger partial charge in [-0.1, -0.05) is 53.3 Å². The lowest BCUT2D eigenvalue weighted by Crippen LogP contribution is -2.29. The monoisotopic (exact) mass is 488 g/mol. The molecule has 1 aliphatic heterocycles. The van der Waals surface area contributed by atoms with E-state index in [0.717, 1.165) is 16.9 Å². The molecule has 1 N–H and O–H groups in total. The van der Waals surface area contributed by atoms with E-state index in [1.165, 1.54) is 23.1 Å². The predicted octanol–water partition coefficient (Wildman–Crippen LogP) is 5.77.